The van der Waals surface area contributed by atoms with Gasteiger partial charge in [0, 0.05) is 12.5 Å². The molecular weight excluding hydrogens is 328 g/mol. The molecule has 2 aromatic carbocycles. The van der Waals surface area contributed by atoms with Crippen LogP contribution in [0.1, 0.15) is 43.1 Å². The molecule has 0 aliphatic heterocycles. The van der Waals surface area contributed by atoms with Crippen LogP contribution in [0.3, 0.4) is 0 Å². The second-order valence-electron chi connectivity index (χ2n) is 6.40. The van der Waals surface area contributed by atoms with Gasteiger partial charge in [0.05, 0.1) is 6.61 Å². The Labute approximate surface area is 154 Å². The van der Waals surface area contributed by atoms with Gasteiger partial charge in [0.1, 0.15) is 5.75 Å². The zero-order chi connectivity index (χ0) is 18.9. The van der Waals surface area contributed by atoms with Gasteiger partial charge in [-0.1, -0.05) is 56.3 Å². The van der Waals surface area contributed by atoms with Gasteiger partial charge in [-0.3, -0.25) is 9.59 Å². The van der Waals surface area contributed by atoms with Crippen molar-refractivity contribution >= 4 is 17.8 Å². The maximum atomic E-state index is 12.8. The van der Waals surface area contributed by atoms with Gasteiger partial charge in [-0.15, -0.1) is 0 Å². The summed E-state index contributed by atoms with van der Waals surface area (Å²) in [6.45, 7) is 6.06. The molecule has 0 heterocycles. The van der Waals surface area contributed by atoms with E-state index in [1.807, 2.05) is 18.2 Å². The Morgan fingerprint density at radius 2 is 1.65 bits per heavy atom. The summed E-state index contributed by atoms with van der Waals surface area (Å²) in [5, 5.41) is 0. The van der Waals surface area contributed by atoms with Crippen LogP contribution in [0.4, 0.5) is 0 Å². The van der Waals surface area contributed by atoms with Crippen LogP contribution in [0.2, 0.25) is 0 Å². The van der Waals surface area contributed by atoms with Crippen molar-refractivity contribution in [3.05, 3.63) is 71.5 Å². The molecule has 0 fully saturated rings. The van der Waals surface area contributed by atoms with Crippen LogP contribution in [-0.4, -0.2) is 18.4 Å². The highest BCUT2D eigenvalue weighted by atomic mass is 16.5. The molecule has 4 heteroatoms. The van der Waals surface area contributed by atoms with Crippen LogP contribution in [0.25, 0.3) is 6.08 Å². The van der Waals surface area contributed by atoms with E-state index in [4.69, 9.17) is 9.47 Å². The maximum Gasteiger partial charge on any atom is 0.308 e. The van der Waals surface area contributed by atoms with E-state index in [9.17, 15) is 9.59 Å². The van der Waals surface area contributed by atoms with Gasteiger partial charge in [0.2, 0.25) is 5.78 Å². The fraction of sp³-hybridized carbons (Fsp3) is 0.273. The summed E-state index contributed by atoms with van der Waals surface area (Å²) in [6.07, 6.45) is 2.58. The predicted molar refractivity (Wildman–Crippen MR) is 102 cm³/mol. The van der Waals surface area contributed by atoms with Crippen LogP contribution in [0.15, 0.2) is 60.4 Å². The Morgan fingerprint density at radius 3 is 2.23 bits per heavy atom. The number of rotatable bonds is 8. The Kier molecular flexibility index (Phi) is 7.15. The highest BCUT2D eigenvalue weighted by Gasteiger charge is 2.14. The molecule has 0 unspecified atom stereocenters. The molecule has 0 N–H and O–H groups in total. The van der Waals surface area contributed by atoms with E-state index >= 15 is 0 Å². The number of Topliss-reactive ketones (excluding diaryl/α,β-unsaturated/α-hetero) is 1. The van der Waals surface area contributed by atoms with Gasteiger partial charge in [-0.25, -0.2) is 0 Å². The largest absolute Gasteiger partial charge is 0.489 e. The predicted octanol–water partition coefficient (Wildman–Crippen LogP) is 4.90. The quantitative estimate of drug-likeness (QED) is 0.223. The van der Waals surface area contributed by atoms with Crippen molar-refractivity contribution in [3.8, 4) is 5.75 Å². The van der Waals surface area contributed by atoms with Crippen molar-refractivity contribution in [1.82, 2.24) is 0 Å². The monoisotopic (exact) mass is 352 g/mol. The lowest BCUT2D eigenvalue weighted by Gasteiger charge is -2.11. The van der Waals surface area contributed by atoms with Crippen molar-refractivity contribution in [2.24, 2.45) is 5.92 Å². The van der Waals surface area contributed by atoms with Crippen LogP contribution < -0.4 is 4.74 Å². The normalized spacial score (nSPS) is 11.3. The van der Waals surface area contributed by atoms with Crippen molar-refractivity contribution < 1.29 is 19.1 Å². The maximum absolute atomic E-state index is 12.8. The molecule has 0 spiro atoms. The molecule has 4 nitrogen and oxygen atoms in total. The molecule has 0 aliphatic carbocycles. The first-order chi connectivity index (χ1) is 12.5. The summed E-state index contributed by atoms with van der Waals surface area (Å²) in [5.74, 6) is 0.734. The van der Waals surface area contributed by atoms with Crippen LogP contribution in [0.5, 0.6) is 5.75 Å². The highest BCUT2D eigenvalue weighted by Crippen LogP contribution is 2.18. The van der Waals surface area contributed by atoms with Gasteiger partial charge in [-0.2, -0.15) is 0 Å². The number of carbonyl (C=O) groups excluding carboxylic acids is 2. The summed E-state index contributed by atoms with van der Waals surface area (Å²) in [5.41, 5.74) is 1.38. The van der Waals surface area contributed by atoms with Gasteiger partial charge < -0.3 is 9.47 Å². The molecule has 2 rings (SSSR count). The molecule has 26 heavy (non-hydrogen) atoms. The third-order valence-corrected chi connectivity index (χ3v) is 3.65. The van der Waals surface area contributed by atoms with Gasteiger partial charge in [0.25, 0.3) is 0 Å². The zero-order valence-corrected chi connectivity index (χ0v) is 15.4. The van der Waals surface area contributed by atoms with E-state index in [0.29, 0.717) is 29.6 Å². The van der Waals surface area contributed by atoms with Crippen molar-refractivity contribution in [1.29, 1.82) is 0 Å². The minimum atomic E-state index is -0.370. The standard InChI is InChI=1S/C22H24O4/c1-16(2)13-14-25-21(22(24)19-7-5-4-6-8-19)15-18-9-11-20(12-10-18)26-17(3)23/h4-12,15-16H,13-14H2,1-3H3/b21-15+. The number of ether oxygens (including phenoxy) is 2. The Hall–Kier alpha value is -2.88. The Bertz CT molecular complexity index is 758. The van der Waals surface area contributed by atoms with Crippen LogP contribution >= 0.6 is 0 Å². The molecule has 2 aromatic rings. The van der Waals surface area contributed by atoms with Crippen LogP contribution in [-0.2, 0) is 9.53 Å². The summed E-state index contributed by atoms with van der Waals surface area (Å²) < 4.78 is 10.8. The van der Waals surface area contributed by atoms with E-state index in [0.717, 1.165) is 12.0 Å². The third-order valence-electron chi connectivity index (χ3n) is 3.65. The fourth-order valence-electron chi connectivity index (χ4n) is 2.26. The first-order valence-corrected chi connectivity index (χ1v) is 8.68. The number of allylic oxidation sites excluding steroid dienone is 1. The highest BCUT2D eigenvalue weighted by molar-refractivity contribution is 6.09. The Balaban J connectivity index is 2.22. The average Bonchev–Trinajstić information content (AvgIpc) is 2.62. The van der Waals surface area contributed by atoms with Gasteiger partial charge >= 0.3 is 5.97 Å². The van der Waals surface area contributed by atoms with Crippen molar-refractivity contribution in [3.63, 3.8) is 0 Å². The lowest BCUT2D eigenvalue weighted by atomic mass is 10.1. The van der Waals surface area contributed by atoms with Crippen molar-refractivity contribution in [2.45, 2.75) is 27.2 Å². The first-order valence-electron chi connectivity index (χ1n) is 8.68. The fourth-order valence-corrected chi connectivity index (χ4v) is 2.26. The van der Waals surface area contributed by atoms with Gasteiger partial charge in [0.15, 0.2) is 5.76 Å². The summed E-state index contributed by atoms with van der Waals surface area (Å²) >= 11 is 0. The second kappa shape index (κ2) is 9.56. The SMILES string of the molecule is CC(=O)Oc1ccc(/C=C(/OCCC(C)C)C(=O)c2ccccc2)cc1. The molecule has 0 atom stereocenters. The molecule has 0 bridgehead atoms. The average molecular weight is 352 g/mol. The Morgan fingerprint density at radius 1 is 1.00 bits per heavy atom. The zero-order valence-electron chi connectivity index (χ0n) is 15.4. The summed E-state index contributed by atoms with van der Waals surface area (Å²) in [7, 11) is 0. The molecule has 136 valence electrons. The smallest absolute Gasteiger partial charge is 0.308 e. The number of hydrogen-bond acceptors (Lipinski definition) is 4. The topological polar surface area (TPSA) is 52.6 Å². The number of ketones is 1. The lowest BCUT2D eigenvalue weighted by Crippen LogP contribution is -2.09. The molecule has 0 aliphatic rings. The number of esters is 1. The molecule has 0 radical (unpaired) electrons. The molecule has 0 saturated heterocycles. The summed E-state index contributed by atoms with van der Waals surface area (Å²) in [4.78, 5) is 23.8. The van der Waals surface area contributed by atoms with E-state index in [-0.39, 0.29) is 11.8 Å². The van der Waals surface area contributed by atoms with Crippen molar-refractivity contribution in [2.75, 3.05) is 6.61 Å². The summed E-state index contributed by atoms with van der Waals surface area (Å²) in [6, 6.07) is 16.0. The third kappa shape index (κ3) is 6.20. The van der Waals surface area contributed by atoms with Gasteiger partial charge in [-0.05, 0) is 36.1 Å². The van der Waals surface area contributed by atoms with Crippen LogP contribution in [0, 0.1) is 5.92 Å². The second-order valence-corrected chi connectivity index (χ2v) is 6.40. The minimum absolute atomic E-state index is 0.154. The number of benzene rings is 2. The lowest BCUT2D eigenvalue weighted by molar-refractivity contribution is -0.131. The molecule has 0 amide bonds. The van der Waals surface area contributed by atoms with E-state index in [1.54, 1.807) is 42.5 Å². The minimum Gasteiger partial charge on any atom is -0.489 e. The molecule has 0 aromatic heterocycles. The number of hydrogen-bond donors (Lipinski definition) is 0. The molecule has 0 saturated carbocycles. The van der Waals surface area contributed by atoms with E-state index in [2.05, 4.69) is 13.8 Å². The van der Waals surface area contributed by atoms with E-state index < -0.39 is 0 Å². The molecular formula is C22H24O4. The van der Waals surface area contributed by atoms with E-state index in [1.165, 1.54) is 6.92 Å². The number of carbonyl (C=O) groups is 2. The first kappa shape index (κ1) is 19.4.